The molecule has 0 aliphatic carbocycles. The van der Waals surface area contributed by atoms with Gasteiger partial charge in [0.15, 0.2) is 0 Å². The van der Waals surface area contributed by atoms with E-state index in [1.54, 1.807) is 0 Å². The third-order valence-corrected chi connectivity index (χ3v) is 2.82. The number of nitrogens with one attached hydrogen (secondary N) is 1. The second-order valence-electron chi connectivity index (χ2n) is 4.87. The maximum Gasteiger partial charge on any atom is 0.255 e. The summed E-state index contributed by atoms with van der Waals surface area (Å²) in [6, 6.07) is 0. The van der Waals surface area contributed by atoms with Crippen molar-refractivity contribution < 1.29 is 9.13 Å². The molecule has 0 aromatic carbocycles. The van der Waals surface area contributed by atoms with Gasteiger partial charge >= 0.3 is 0 Å². The highest BCUT2D eigenvalue weighted by Crippen LogP contribution is 2.18. The van der Waals surface area contributed by atoms with Crippen molar-refractivity contribution in [2.45, 2.75) is 26.3 Å². The molecule has 0 saturated heterocycles. The van der Waals surface area contributed by atoms with Crippen LogP contribution >= 0.6 is 0 Å². The van der Waals surface area contributed by atoms with E-state index in [-0.39, 0.29) is 11.4 Å². The Morgan fingerprint density at radius 3 is 2.67 bits per heavy atom. The average Bonchev–Trinajstić information content (AvgIpc) is 2.30. The molecule has 18 heavy (non-hydrogen) atoms. The number of nitrogens with zero attached hydrogens (tertiary/aromatic N) is 3. The highest BCUT2D eigenvalue weighted by Gasteiger charge is 2.22. The Morgan fingerprint density at radius 1 is 1.44 bits per heavy atom. The predicted octanol–water partition coefficient (Wildman–Crippen LogP) is 1.77. The van der Waals surface area contributed by atoms with E-state index in [0.29, 0.717) is 19.1 Å². The quantitative estimate of drug-likeness (QED) is 0.840. The van der Waals surface area contributed by atoms with E-state index in [9.17, 15) is 4.39 Å². The van der Waals surface area contributed by atoms with Crippen LogP contribution in [0.15, 0.2) is 6.20 Å². The van der Waals surface area contributed by atoms with Gasteiger partial charge in [0.2, 0.25) is 11.8 Å². The Kier molecular flexibility index (Phi) is 4.84. The fraction of sp³-hybridized carbons (Fsp3) is 0.667. The summed E-state index contributed by atoms with van der Waals surface area (Å²) < 4.78 is 18.9. The highest BCUT2D eigenvalue weighted by molar-refractivity contribution is 5.28. The first-order valence-corrected chi connectivity index (χ1v) is 5.93. The molecule has 0 unspecified atom stereocenters. The van der Waals surface area contributed by atoms with E-state index in [4.69, 9.17) is 4.74 Å². The van der Waals surface area contributed by atoms with Crippen molar-refractivity contribution in [3.8, 4) is 5.88 Å². The molecule has 1 aromatic heterocycles. The van der Waals surface area contributed by atoms with Gasteiger partial charge in [0.05, 0.1) is 6.20 Å². The second kappa shape index (κ2) is 5.95. The molecule has 0 fully saturated rings. The Bertz CT molecular complexity index is 396. The highest BCUT2D eigenvalue weighted by atomic mass is 19.1. The summed E-state index contributed by atoms with van der Waals surface area (Å²) in [5.74, 6) is -0.196. The molecule has 6 heteroatoms. The lowest BCUT2D eigenvalue weighted by Gasteiger charge is -2.31. The minimum absolute atomic E-state index is 0.0177. The first kappa shape index (κ1) is 14.6. The zero-order chi connectivity index (χ0) is 13.8. The zero-order valence-corrected chi connectivity index (χ0v) is 11.6. The van der Waals surface area contributed by atoms with Gasteiger partial charge in [-0.1, -0.05) is 0 Å². The fourth-order valence-corrected chi connectivity index (χ4v) is 1.07. The molecule has 0 aliphatic heterocycles. The molecule has 0 saturated carbocycles. The van der Waals surface area contributed by atoms with Gasteiger partial charge in [-0.25, -0.2) is 4.98 Å². The molecule has 0 amide bonds. The largest absolute Gasteiger partial charge is 0.474 e. The monoisotopic (exact) mass is 256 g/mol. The number of rotatable bonds is 6. The van der Waals surface area contributed by atoms with E-state index in [0.717, 1.165) is 6.20 Å². The molecule has 0 radical (unpaired) electrons. The van der Waals surface area contributed by atoms with Crippen molar-refractivity contribution in [2.24, 2.45) is 0 Å². The summed E-state index contributed by atoms with van der Waals surface area (Å²) in [5.41, 5.74) is -0.199. The number of anilines is 1. The summed E-state index contributed by atoms with van der Waals surface area (Å²) in [7, 11) is 3.90. The van der Waals surface area contributed by atoms with Crippen molar-refractivity contribution >= 4 is 5.95 Å². The van der Waals surface area contributed by atoms with Crippen molar-refractivity contribution in [3.05, 3.63) is 12.0 Å². The number of halogens is 1. The second-order valence-corrected chi connectivity index (χ2v) is 4.87. The van der Waals surface area contributed by atoms with Crippen LogP contribution in [-0.4, -0.2) is 47.7 Å². The molecule has 1 heterocycles. The van der Waals surface area contributed by atoms with Crippen LogP contribution in [0.2, 0.25) is 0 Å². The van der Waals surface area contributed by atoms with Crippen LogP contribution in [-0.2, 0) is 0 Å². The lowest BCUT2D eigenvalue weighted by Crippen LogP contribution is -2.43. The number of hydrogen-bond acceptors (Lipinski definition) is 5. The molecule has 0 spiro atoms. The minimum Gasteiger partial charge on any atom is -0.474 e. The topological polar surface area (TPSA) is 50.3 Å². The fourth-order valence-electron chi connectivity index (χ4n) is 1.07. The average molecular weight is 256 g/mol. The first-order valence-electron chi connectivity index (χ1n) is 5.93. The smallest absolute Gasteiger partial charge is 0.255 e. The molecule has 1 aromatic rings. The normalized spacial score (nSPS) is 11.7. The maximum atomic E-state index is 13.5. The number of aromatic nitrogens is 2. The third-order valence-electron chi connectivity index (χ3n) is 2.82. The van der Waals surface area contributed by atoms with E-state index >= 15 is 0 Å². The van der Waals surface area contributed by atoms with Crippen LogP contribution < -0.4 is 10.1 Å². The van der Waals surface area contributed by atoms with Crippen LogP contribution in [0.3, 0.4) is 0 Å². The van der Waals surface area contributed by atoms with E-state index < -0.39 is 5.82 Å². The molecule has 1 rings (SSSR count). The summed E-state index contributed by atoms with van der Waals surface area (Å²) in [6.07, 6.45) is 1.11. The minimum atomic E-state index is -0.550. The lowest BCUT2D eigenvalue weighted by atomic mass is 10.1. The van der Waals surface area contributed by atoms with Crippen LogP contribution in [0.5, 0.6) is 5.88 Å². The number of hydrogen-bond donors (Lipinski definition) is 1. The molecule has 1 N–H and O–H groups in total. The van der Waals surface area contributed by atoms with Gasteiger partial charge in [-0.05, 0) is 34.9 Å². The lowest BCUT2D eigenvalue weighted by molar-refractivity contribution is 0.108. The molecular formula is C12H21FN4O. The van der Waals surface area contributed by atoms with Gasteiger partial charge in [-0.3, -0.25) is 0 Å². The molecular weight excluding hydrogens is 235 g/mol. The van der Waals surface area contributed by atoms with Crippen LogP contribution in [0.25, 0.3) is 0 Å². The maximum absolute atomic E-state index is 13.5. The first-order chi connectivity index (χ1) is 8.36. The van der Waals surface area contributed by atoms with E-state index in [1.807, 2.05) is 39.8 Å². The van der Waals surface area contributed by atoms with Gasteiger partial charge in [-0.15, -0.1) is 0 Å². The summed E-state index contributed by atoms with van der Waals surface area (Å²) in [6.45, 7) is 6.96. The van der Waals surface area contributed by atoms with Gasteiger partial charge in [0.25, 0.3) is 5.88 Å². The van der Waals surface area contributed by atoms with Crippen molar-refractivity contribution in [2.75, 3.05) is 32.6 Å². The zero-order valence-electron chi connectivity index (χ0n) is 11.6. The Morgan fingerprint density at radius 2 is 2.11 bits per heavy atom. The SMILES string of the molecule is CCNc1ncc(F)c(OCC(C)(C)N(C)C)n1. The summed E-state index contributed by atoms with van der Waals surface area (Å²) in [5, 5.41) is 2.92. The summed E-state index contributed by atoms with van der Waals surface area (Å²) in [4.78, 5) is 9.82. The van der Waals surface area contributed by atoms with Crippen molar-refractivity contribution in [1.29, 1.82) is 0 Å². The Hall–Kier alpha value is -1.43. The van der Waals surface area contributed by atoms with Crippen LogP contribution in [0.1, 0.15) is 20.8 Å². The van der Waals surface area contributed by atoms with Gasteiger partial charge in [-0.2, -0.15) is 9.37 Å². The number of likely N-dealkylation sites (N-methyl/N-ethyl adjacent to an activating group) is 1. The third kappa shape index (κ3) is 3.80. The Balaban J connectivity index is 2.75. The molecule has 5 nitrogen and oxygen atoms in total. The molecule has 0 bridgehead atoms. The van der Waals surface area contributed by atoms with Gasteiger partial charge < -0.3 is 15.0 Å². The molecule has 0 atom stereocenters. The van der Waals surface area contributed by atoms with Crippen LogP contribution in [0, 0.1) is 5.82 Å². The van der Waals surface area contributed by atoms with Gasteiger partial charge in [0.1, 0.15) is 6.61 Å². The number of ether oxygens (including phenoxy) is 1. The Labute approximate surface area is 107 Å². The molecule has 0 aliphatic rings. The van der Waals surface area contributed by atoms with E-state index in [2.05, 4.69) is 15.3 Å². The van der Waals surface area contributed by atoms with Crippen molar-refractivity contribution in [1.82, 2.24) is 14.9 Å². The molecule has 102 valence electrons. The van der Waals surface area contributed by atoms with Gasteiger partial charge in [0, 0.05) is 12.1 Å². The van der Waals surface area contributed by atoms with Crippen LogP contribution in [0.4, 0.5) is 10.3 Å². The summed E-state index contributed by atoms with van der Waals surface area (Å²) >= 11 is 0. The van der Waals surface area contributed by atoms with E-state index in [1.165, 1.54) is 0 Å². The standard InChI is InChI=1S/C12H21FN4O/c1-6-14-11-15-7-9(13)10(16-11)18-8-12(2,3)17(4)5/h7H,6,8H2,1-5H3,(H,14,15,16). The van der Waals surface area contributed by atoms with Crippen molar-refractivity contribution in [3.63, 3.8) is 0 Å². The predicted molar refractivity (Wildman–Crippen MR) is 69.4 cm³/mol.